The van der Waals surface area contributed by atoms with Crippen LogP contribution in [0, 0.1) is 9.39 Å². The Labute approximate surface area is 159 Å². The van der Waals surface area contributed by atoms with Gasteiger partial charge in [-0.05, 0) is 59.3 Å². The van der Waals surface area contributed by atoms with Crippen LogP contribution < -0.4 is 0 Å². The van der Waals surface area contributed by atoms with E-state index in [4.69, 9.17) is 4.74 Å². The molecule has 1 heterocycles. The van der Waals surface area contributed by atoms with Crippen LogP contribution in [0.2, 0.25) is 0 Å². The van der Waals surface area contributed by atoms with E-state index >= 15 is 0 Å². The van der Waals surface area contributed by atoms with Gasteiger partial charge in [-0.15, -0.1) is 0 Å². The number of carbonyl (C=O) groups is 2. The fraction of sp³-hybridized carbons (Fsp3) is 0.278. The molecule has 0 spiro atoms. The van der Waals surface area contributed by atoms with Gasteiger partial charge in [0.1, 0.15) is 5.82 Å². The number of halogens is 2. The van der Waals surface area contributed by atoms with Crippen LogP contribution >= 0.6 is 22.6 Å². The first-order valence-electron chi connectivity index (χ1n) is 7.80. The summed E-state index contributed by atoms with van der Waals surface area (Å²) in [6, 6.07) is 7.69. The predicted molar refractivity (Wildman–Crippen MR) is 99.3 cm³/mol. The number of pyridine rings is 1. The third kappa shape index (κ3) is 5.77. The van der Waals surface area contributed by atoms with Gasteiger partial charge in [-0.1, -0.05) is 6.07 Å². The summed E-state index contributed by atoms with van der Waals surface area (Å²) in [5.41, 5.74) is 1.10. The average Bonchev–Trinajstić information content (AvgIpc) is 2.61. The first kappa shape index (κ1) is 19.3. The van der Waals surface area contributed by atoms with Gasteiger partial charge in [-0.3, -0.25) is 14.6 Å². The summed E-state index contributed by atoms with van der Waals surface area (Å²) in [5.74, 6) is -1.19. The Hall–Kier alpha value is -2.03. The zero-order valence-electron chi connectivity index (χ0n) is 13.7. The molecule has 1 aromatic heterocycles. The lowest BCUT2D eigenvalue weighted by Crippen LogP contribution is -2.33. The Balaban J connectivity index is 2.21. The Morgan fingerprint density at radius 1 is 1.32 bits per heavy atom. The third-order valence-corrected chi connectivity index (χ3v) is 4.37. The zero-order chi connectivity index (χ0) is 18.2. The molecule has 0 fully saturated rings. The Morgan fingerprint density at radius 3 is 2.80 bits per heavy atom. The van der Waals surface area contributed by atoms with Gasteiger partial charge in [0.2, 0.25) is 0 Å². The standard InChI is InChI=1S/C18H18FIN2O3/c1-2-25-17(23)7-9-22(12-13-4-3-8-21-11-13)18(24)15-10-14(19)5-6-16(15)20/h3-6,8,10-11H,2,7,9,12H2,1H3. The van der Waals surface area contributed by atoms with Crippen molar-refractivity contribution in [2.24, 2.45) is 0 Å². The van der Waals surface area contributed by atoms with E-state index in [1.807, 2.05) is 28.7 Å². The van der Waals surface area contributed by atoms with Crippen LogP contribution in [0.4, 0.5) is 4.39 Å². The second kappa shape index (κ2) is 9.45. The summed E-state index contributed by atoms with van der Waals surface area (Å²) in [6.07, 6.45) is 3.37. The minimum Gasteiger partial charge on any atom is -0.466 e. The van der Waals surface area contributed by atoms with E-state index in [9.17, 15) is 14.0 Å². The molecule has 1 amide bonds. The number of esters is 1. The zero-order valence-corrected chi connectivity index (χ0v) is 15.9. The second-order valence-corrected chi connectivity index (χ2v) is 6.43. The fourth-order valence-corrected chi connectivity index (χ4v) is 2.82. The van der Waals surface area contributed by atoms with E-state index in [0.717, 1.165) is 5.56 Å². The number of aromatic nitrogens is 1. The maximum Gasteiger partial charge on any atom is 0.307 e. The van der Waals surface area contributed by atoms with Crippen molar-refractivity contribution in [3.63, 3.8) is 0 Å². The maximum atomic E-state index is 13.6. The molecule has 0 atom stereocenters. The number of amides is 1. The number of hydrogen-bond donors (Lipinski definition) is 0. The highest BCUT2D eigenvalue weighted by atomic mass is 127. The molecule has 0 aliphatic rings. The molecule has 132 valence electrons. The molecule has 7 heteroatoms. The first-order chi connectivity index (χ1) is 12.0. The molecule has 2 rings (SSSR count). The van der Waals surface area contributed by atoms with Crippen molar-refractivity contribution < 1.29 is 18.7 Å². The van der Waals surface area contributed by atoms with Gasteiger partial charge >= 0.3 is 5.97 Å². The molecule has 0 N–H and O–H groups in total. The van der Waals surface area contributed by atoms with E-state index in [0.29, 0.717) is 3.57 Å². The van der Waals surface area contributed by atoms with E-state index < -0.39 is 5.82 Å². The topological polar surface area (TPSA) is 59.5 Å². The van der Waals surface area contributed by atoms with Crippen LogP contribution in [0.3, 0.4) is 0 Å². The van der Waals surface area contributed by atoms with Crippen molar-refractivity contribution in [3.05, 3.63) is 63.2 Å². The highest BCUT2D eigenvalue weighted by molar-refractivity contribution is 14.1. The molecule has 0 saturated carbocycles. The van der Waals surface area contributed by atoms with Crippen molar-refractivity contribution in [3.8, 4) is 0 Å². The molecule has 5 nitrogen and oxygen atoms in total. The van der Waals surface area contributed by atoms with Crippen LogP contribution in [0.1, 0.15) is 29.3 Å². The number of rotatable bonds is 7. The number of carbonyl (C=O) groups excluding carboxylic acids is 2. The molecule has 0 unspecified atom stereocenters. The van der Waals surface area contributed by atoms with Gasteiger partial charge in [-0.2, -0.15) is 0 Å². The van der Waals surface area contributed by atoms with Crippen LogP contribution in [-0.2, 0) is 16.1 Å². The summed E-state index contributed by atoms with van der Waals surface area (Å²) in [6.45, 7) is 2.47. The van der Waals surface area contributed by atoms with Crippen molar-refractivity contribution in [2.75, 3.05) is 13.2 Å². The first-order valence-corrected chi connectivity index (χ1v) is 8.88. The highest BCUT2D eigenvalue weighted by Crippen LogP contribution is 2.18. The summed E-state index contributed by atoms with van der Waals surface area (Å²) < 4.78 is 19.1. The molecule has 0 saturated heterocycles. The maximum absolute atomic E-state index is 13.6. The molecule has 0 bridgehead atoms. The molecule has 1 aromatic carbocycles. The van der Waals surface area contributed by atoms with Gasteiger partial charge in [0.25, 0.3) is 5.91 Å². The smallest absolute Gasteiger partial charge is 0.307 e. The third-order valence-electron chi connectivity index (χ3n) is 3.43. The van der Waals surface area contributed by atoms with Crippen LogP contribution in [0.5, 0.6) is 0 Å². The average molecular weight is 456 g/mol. The highest BCUT2D eigenvalue weighted by Gasteiger charge is 2.20. The number of benzene rings is 1. The lowest BCUT2D eigenvalue weighted by molar-refractivity contribution is -0.143. The minimum absolute atomic E-state index is 0.0751. The number of hydrogen-bond acceptors (Lipinski definition) is 4. The summed E-state index contributed by atoms with van der Waals surface area (Å²) in [5, 5.41) is 0. The van der Waals surface area contributed by atoms with E-state index in [2.05, 4.69) is 4.98 Å². The second-order valence-electron chi connectivity index (χ2n) is 5.27. The van der Waals surface area contributed by atoms with Gasteiger partial charge in [0.15, 0.2) is 0 Å². The van der Waals surface area contributed by atoms with Crippen molar-refractivity contribution in [2.45, 2.75) is 19.9 Å². The van der Waals surface area contributed by atoms with Gasteiger partial charge < -0.3 is 9.64 Å². The van der Waals surface area contributed by atoms with Gasteiger partial charge in [0, 0.05) is 29.1 Å². The normalized spacial score (nSPS) is 10.4. The predicted octanol–water partition coefficient (Wildman–Crippen LogP) is 3.42. The molecular formula is C18H18FIN2O3. The fourth-order valence-electron chi connectivity index (χ4n) is 2.26. The lowest BCUT2D eigenvalue weighted by atomic mass is 10.1. The van der Waals surface area contributed by atoms with Crippen molar-refractivity contribution >= 4 is 34.5 Å². The van der Waals surface area contributed by atoms with Gasteiger partial charge in [0.05, 0.1) is 18.6 Å². The minimum atomic E-state index is -0.476. The molecule has 0 aliphatic carbocycles. The van der Waals surface area contributed by atoms with Gasteiger partial charge in [-0.25, -0.2) is 4.39 Å². The monoisotopic (exact) mass is 456 g/mol. The van der Waals surface area contributed by atoms with Crippen molar-refractivity contribution in [1.82, 2.24) is 9.88 Å². The van der Waals surface area contributed by atoms with Crippen LogP contribution in [0.15, 0.2) is 42.7 Å². The molecule has 2 aromatic rings. The molecule has 25 heavy (non-hydrogen) atoms. The Bertz CT molecular complexity index is 740. The summed E-state index contributed by atoms with van der Waals surface area (Å²) in [7, 11) is 0. The quantitative estimate of drug-likeness (QED) is 0.474. The SMILES string of the molecule is CCOC(=O)CCN(Cc1cccnc1)C(=O)c1cc(F)ccc1I. The van der Waals surface area contributed by atoms with E-state index in [1.54, 1.807) is 31.5 Å². The number of nitrogens with zero attached hydrogens (tertiary/aromatic N) is 2. The molecule has 0 radical (unpaired) electrons. The summed E-state index contributed by atoms with van der Waals surface area (Å²) in [4.78, 5) is 30.1. The van der Waals surface area contributed by atoms with Crippen LogP contribution in [0.25, 0.3) is 0 Å². The Morgan fingerprint density at radius 2 is 2.12 bits per heavy atom. The summed E-state index contributed by atoms with van der Waals surface area (Å²) >= 11 is 1.99. The van der Waals surface area contributed by atoms with E-state index in [-0.39, 0.29) is 43.6 Å². The largest absolute Gasteiger partial charge is 0.466 e. The lowest BCUT2D eigenvalue weighted by Gasteiger charge is -2.23. The van der Waals surface area contributed by atoms with Crippen LogP contribution in [-0.4, -0.2) is 34.9 Å². The molecular weight excluding hydrogens is 438 g/mol. The van der Waals surface area contributed by atoms with E-state index in [1.165, 1.54) is 17.0 Å². The Kier molecular flexibility index (Phi) is 7.30. The van der Waals surface area contributed by atoms with Crippen molar-refractivity contribution in [1.29, 1.82) is 0 Å². The number of ether oxygens (including phenoxy) is 1. The molecule has 0 aliphatic heterocycles.